The van der Waals surface area contributed by atoms with Crippen LogP contribution in [-0.4, -0.2) is 6.43 Å². The molecule has 0 aliphatic heterocycles. The summed E-state index contributed by atoms with van der Waals surface area (Å²) in [7, 11) is 0. The molecule has 0 saturated heterocycles. The fourth-order valence-corrected chi connectivity index (χ4v) is 2.05. The Hall–Kier alpha value is -0.140. The molecule has 0 bridgehead atoms. The van der Waals surface area contributed by atoms with Gasteiger partial charge in [0.25, 0.3) is 0 Å². The van der Waals surface area contributed by atoms with Crippen LogP contribution in [0, 0.1) is 16.7 Å². The fraction of sp³-hybridized carbons (Fsp3) is 1.00. The van der Waals surface area contributed by atoms with E-state index in [9.17, 15) is 8.78 Å². The van der Waals surface area contributed by atoms with E-state index in [2.05, 4.69) is 0 Å². The molecule has 0 atom stereocenters. The Morgan fingerprint density at radius 2 is 1.00 bits per heavy atom. The highest BCUT2D eigenvalue weighted by molar-refractivity contribution is 4.85. The molecule has 12 heavy (non-hydrogen) atoms. The van der Waals surface area contributed by atoms with Gasteiger partial charge in [0.2, 0.25) is 6.43 Å². The minimum atomic E-state index is -2.23. The molecule has 0 radical (unpaired) electrons. The van der Waals surface area contributed by atoms with Crippen LogP contribution in [0.15, 0.2) is 0 Å². The van der Waals surface area contributed by atoms with E-state index in [1.165, 1.54) is 0 Å². The highest BCUT2D eigenvalue weighted by atomic mass is 19.3. The smallest absolute Gasteiger partial charge is 0.210 e. The molecule has 0 aliphatic rings. The molecular weight excluding hydrogens is 158 g/mol. The van der Waals surface area contributed by atoms with Crippen molar-refractivity contribution in [3.63, 3.8) is 0 Å². The van der Waals surface area contributed by atoms with Crippen LogP contribution in [0.25, 0.3) is 0 Å². The van der Waals surface area contributed by atoms with Crippen molar-refractivity contribution in [1.82, 2.24) is 0 Å². The Bertz CT molecular complexity index is 123. The van der Waals surface area contributed by atoms with Crippen LogP contribution < -0.4 is 0 Å². The van der Waals surface area contributed by atoms with Crippen LogP contribution in [0.5, 0.6) is 0 Å². The Kier molecular flexibility index (Phi) is 3.27. The second-order valence-corrected chi connectivity index (χ2v) is 5.54. The van der Waals surface area contributed by atoms with Crippen molar-refractivity contribution in [3.05, 3.63) is 0 Å². The largest absolute Gasteiger partial charge is 0.242 e. The van der Waals surface area contributed by atoms with Gasteiger partial charge in [0, 0.05) is 5.92 Å². The van der Waals surface area contributed by atoms with E-state index in [0.29, 0.717) is 0 Å². The van der Waals surface area contributed by atoms with E-state index in [-0.39, 0.29) is 10.8 Å². The van der Waals surface area contributed by atoms with Gasteiger partial charge in [-0.3, -0.25) is 0 Å². The minimum Gasteiger partial charge on any atom is -0.210 e. The zero-order chi connectivity index (χ0) is 10.2. The molecule has 0 saturated carbocycles. The van der Waals surface area contributed by atoms with Gasteiger partial charge >= 0.3 is 0 Å². The molecule has 0 aromatic carbocycles. The van der Waals surface area contributed by atoms with Gasteiger partial charge in [0.1, 0.15) is 0 Å². The first-order valence-electron chi connectivity index (χ1n) is 4.35. The maximum atomic E-state index is 12.7. The Morgan fingerprint density at radius 3 is 1.00 bits per heavy atom. The minimum absolute atomic E-state index is 0.327. The first kappa shape index (κ1) is 11.9. The van der Waals surface area contributed by atoms with E-state index < -0.39 is 12.3 Å². The van der Waals surface area contributed by atoms with E-state index in [1.807, 2.05) is 41.5 Å². The quantitative estimate of drug-likeness (QED) is 0.570. The summed E-state index contributed by atoms with van der Waals surface area (Å²) in [5.74, 6) is -0.551. The van der Waals surface area contributed by atoms with Crippen molar-refractivity contribution in [2.45, 2.75) is 48.0 Å². The summed E-state index contributed by atoms with van der Waals surface area (Å²) in [5.41, 5.74) is -0.654. The molecule has 0 unspecified atom stereocenters. The summed E-state index contributed by atoms with van der Waals surface area (Å²) in [5, 5.41) is 0. The lowest BCUT2D eigenvalue weighted by Gasteiger charge is -2.39. The van der Waals surface area contributed by atoms with Gasteiger partial charge in [-0.15, -0.1) is 0 Å². The highest BCUT2D eigenvalue weighted by Crippen LogP contribution is 2.43. The maximum Gasteiger partial charge on any atom is 0.242 e. The third kappa shape index (κ3) is 3.08. The number of alkyl halides is 2. The van der Waals surface area contributed by atoms with E-state index in [4.69, 9.17) is 0 Å². The maximum absolute atomic E-state index is 12.7. The summed E-state index contributed by atoms with van der Waals surface area (Å²) < 4.78 is 25.4. The lowest BCUT2D eigenvalue weighted by molar-refractivity contribution is -0.0470. The summed E-state index contributed by atoms with van der Waals surface area (Å²) in [6.07, 6.45) is -2.23. The van der Waals surface area contributed by atoms with Gasteiger partial charge < -0.3 is 0 Å². The van der Waals surface area contributed by atoms with Crippen molar-refractivity contribution < 1.29 is 8.78 Å². The second kappa shape index (κ2) is 3.31. The SMILES string of the molecule is CC(C)(C)C(C(F)F)C(C)(C)C. The van der Waals surface area contributed by atoms with Crippen molar-refractivity contribution in [2.75, 3.05) is 0 Å². The zero-order valence-corrected chi connectivity index (χ0v) is 8.91. The average Bonchev–Trinajstić information content (AvgIpc) is 1.49. The molecule has 0 heterocycles. The van der Waals surface area contributed by atoms with Crippen LogP contribution in [0.4, 0.5) is 8.78 Å². The van der Waals surface area contributed by atoms with Crippen LogP contribution >= 0.6 is 0 Å². The second-order valence-electron chi connectivity index (χ2n) is 5.54. The predicted molar refractivity (Wildman–Crippen MR) is 48.4 cm³/mol. The molecule has 0 amide bonds. The number of hydrogen-bond acceptors (Lipinski definition) is 0. The molecule has 0 spiro atoms. The molecule has 74 valence electrons. The van der Waals surface area contributed by atoms with E-state index in [0.717, 1.165) is 0 Å². The molecule has 0 fully saturated rings. The van der Waals surface area contributed by atoms with Crippen LogP contribution in [-0.2, 0) is 0 Å². The first-order chi connectivity index (χ1) is 5.07. The standard InChI is InChI=1S/C10H20F2/c1-9(2,3)7(8(11)12)10(4,5)6/h7-8H,1-6H3. The van der Waals surface area contributed by atoms with Crippen molar-refractivity contribution in [3.8, 4) is 0 Å². The average molecular weight is 178 g/mol. The van der Waals surface area contributed by atoms with Crippen molar-refractivity contribution in [1.29, 1.82) is 0 Å². The third-order valence-electron chi connectivity index (χ3n) is 2.12. The monoisotopic (exact) mass is 178 g/mol. The van der Waals surface area contributed by atoms with Crippen LogP contribution in [0.3, 0.4) is 0 Å². The van der Waals surface area contributed by atoms with Gasteiger partial charge in [-0.2, -0.15) is 0 Å². The fourth-order valence-electron chi connectivity index (χ4n) is 2.05. The van der Waals surface area contributed by atoms with Gasteiger partial charge in [0.05, 0.1) is 0 Å². The summed E-state index contributed by atoms with van der Waals surface area (Å²) in [4.78, 5) is 0. The Morgan fingerprint density at radius 1 is 0.750 bits per heavy atom. The molecule has 0 rings (SSSR count). The molecule has 0 N–H and O–H groups in total. The number of rotatable bonds is 1. The molecule has 2 heteroatoms. The predicted octanol–water partition coefficient (Wildman–Crippen LogP) is 3.96. The third-order valence-corrected chi connectivity index (χ3v) is 2.12. The normalized spacial score (nSPS) is 14.5. The van der Waals surface area contributed by atoms with Crippen LogP contribution in [0.2, 0.25) is 0 Å². The van der Waals surface area contributed by atoms with Gasteiger partial charge in [0.15, 0.2) is 0 Å². The van der Waals surface area contributed by atoms with E-state index in [1.54, 1.807) is 0 Å². The first-order valence-corrected chi connectivity index (χ1v) is 4.35. The number of halogens is 2. The van der Waals surface area contributed by atoms with Gasteiger partial charge in [-0.25, -0.2) is 8.78 Å². The highest BCUT2D eigenvalue weighted by Gasteiger charge is 2.41. The van der Waals surface area contributed by atoms with Crippen LogP contribution in [0.1, 0.15) is 41.5 Å². The molecule has 0 aromatic heterocycles. The zero-order valence-electron chi connectivity index (χ0n) is 8.91. The summed E-state index contributed by atoms with van der Waals surface area (Å²) in [6, 6.07) is 0. The topological polar surface area (TPSA) is 0 Å². The molecular formula is C10H20F2. The Labute approximate surface area is 74.4 Å². The van der Waals surface area contributed by atoms with Crippen molar-refractivity contribution >= 4 is 0 Å². The lowest BCUT2D eigenvalue weighted by Crippen LogP contribution is -2.37. The van der Waals surface area contributed by atoms with Crippen molar-refractivity contribution in [2.24, 2.45) is 16.7 Å². The number of hydrogen-bond donors (Lipinski definition) is 0. The Balaban J connectivity index is 4.70. The van der Waals surface area contributed by atoms with Gasteiger partial charge in [-0.05, 0) is 10.8 Å². The van der Waals surface area contributed by atoms with E-state index >= 15 is 0 Å². The summed E-state index contributed by atoms with van der Waals surface area (Å²) in [6.45, 7) is 11.2. The molecule has 0 aromatic rings. The molecule has 0 aliphatic carbocycles. The lowest BCUT2D eigenvalue weighted by atomic mass is 9.67. The molecule has 0 nitrogen and oxygen atoms in total. The summed E-state index contributed by atoms with van der Waals surface area (Å²) >= 11 is 0. The van der Waals surface area contributed by atoms with Gasteiger partial charge in [-0.1, -0.05) is 41.5 Å².